The van der Waals surface area contributed by atoms with Crippen LogP contribution >= 0.6 is 24.0 Å². The molecule has 0 unspecified atom stereocenters. The van der Waals surface area contributed by atoms with Gasteiger partial charge < -0.3 is 15.2 Å². The lowest BCUT2D eigenvalue weighted by molar-refractivity contribution is -0.142. The molecule has 0 aromatic heterocycles. The van der Waals surface area contributed by atoms with E-state index in [0.717, 1.165) is 6.07 Å². The zero-order valence-corrected chi connectivity index (χ0v) is 11.5. The summed E-state index contributed by atoms with van der Waals surface area (Å²) < 4.78 is 23.1. The molecule has 0 aliphatic rings. The van der Waals surface area contributed by atoms with Gasteiger partial charge in [-0.15, -0.1) is 12.4 Å². The van der Waals surface area contributed by atoms with Crippen LogP contribution in [-0.4, -0.2) is 19.7 Å². The van der Waals surface area contributed by atoms with Crippen molar-refractivity contribution < 1.29 is 18.7 Å². The molecule has 0 radical (unpaired) electrons. The number of benzene rings is 1. The van der Waals surface area contributed by atoms with Gasteiger partial charge in [0, 0.05) is 0 Å². The number of methoxy groups -OCH3 is 1. The van der Waals surface area contributed by atoms with Gasteiger partial charge in [-0.1, -0.05) is 11.6 Å². The molecule has 0 amide bonds. The zero-order valence-electron chi connectivity index (χ0n) is 9.91. The molecule has 1 aromatic carbocycles. The minimum atomic E-state index is -1.07. The molecular weight excluding hydrogens is 284 g/mol. The number of rotatable bonds is 4. The van der Waals surface area contributed by atoms with Crippen LogP contribution in [0.2, 0.25) is 5.02 Å². The Balaban J connectivity index is 0.00000289. The molecule has 0 fully saturated rings. The Hall–Kier alpha value is -1.04. The molecule has 7 heteroatoms. The van der Waals surface area contributed by atoms with Crippen molar-refractivity contribution in [1.29, 1.82) is 0 Å². The van der Waals surface area contributed by atoms with E-state index in [1.165, 1.54) is 13.2 Å². The van der Waals surface area contributed by atoms with Gasteiger partial charge in [-0.05, 0) is 24.6 Å². The number of hydrogen-bond donors (Lipinski definition) is 1. The topological polar surface area (TPSA) is 61.5 Å². The molecule has 0 aliphatic heterocycles. The van der Waals surface area contributed by atoms with Gasteiger partial charge in [0.2, 0.25) is 0 Å². The molecule has 0 bridgehead atoms. The molecule has 1 aromatic rings. The van der Waals surface area contributed by atoms with E-state index in [0.29, 0.717) is 6.61 Å². The third-order valence-electron chi connectivity index (χ3n) is 2.12. The number of carbonyl (C=O) groups is 1. The van der Waals surface area contributed by atoms with Crippen molar-refractivity contribution in [3.8, 4) is 5.75 Å². The third-order valence-corrected chi connectivity index (χ3v) is 2.40. The minimum Gasteiger partial charge on any atom is -0.489 e. The predicted molar refractivity (Wildman–Crippen MR) is 68.8 cm³/mol. The average Bonchev–Trinajstić information content (AvgIpc) is 2.31. The van der Waals surface area contributed by atoms with Gasteiger partial charge in [0.1, 0.15) is 6.04 Å². The summed E-state index contributed by atoms with van der Waals surface area (Å²) in [4.78, 5) is 11.2. The number of halogens is 3. The van der Waals surface area contributed by atoms with E-state index in [9.17, 15) is 9.18 Å². The van der Waals surface area contributed by atoms with Crippen molar-refractivity contribution in [3.63, 3.8) is 0 Å². The number of ether oxygens (including phenoxy) is 2. The maximum absolute atomic E-state index is 13.6. The van der Waals surface area contributed by atoms with E-state index in [1.807, 2.05) is 0 Å². The van der Waals surface area contributed by atoms with E-state index in [4.69, 9.17) is 22.1 Å². The standard InChI is InChI=1S/C11H13ClFNO3.ClH/c1-3-17-10-7(12)4-6(5-8(10)13)9(14)11(15)16-2;/h4-5,9H,3,14H2,1-2H3;1H/t9-;/m1./s1. The Labute approximate surface area is 116 Å². The van der Waals surface area contributed by atoms with E-state index in [1.54, 1.807) is 6.92 Å². The van der Waals surface area contributed by atoms with Crippen molar-refractivity contribution in [2.45, 2.75) is 13.0 Å². The summed E-state index contributed by atoms with van der Waals surface area (Å²) in [5.41, 5.74) is 5.81. The molecule has 2 N–H and O–H groups in total. The molecule has 18 heavy (non-hydrogen) atoms. The first-order valence-corrected chi connectivity index (χ1v) is 5.34. The summed E-state index contributed by atoms with van der Waals surface area (Å²) in [5.74, 6) is -1.37. The molecule has 102 valence electrons. The third kappa shape index (κ3) is 3.73. The van der Waals surface area contributed by atoms with Gasteiger partial charge in [-0.25, -0.2) is 4.39 Å². The highest BCUT2D eigenvalue weighted by Gasteiger charge is 2.20. The van der Waals surface area contributed by atoms with Crippen LogP contribution in [0, 0.1) is 5.82 Å². The molecule has 0 aliphatic carbocycles. The monoisotopic (exact) mass is 297 g/mol. The Morgan fingerprint density at radius 3 is 2.61 bits per heavy atom. The Morgan fingerprint density at radius 2 is 2.17 bits per heavy atom. The van der Waals surface area contributed by atoms with Crippen LogP contribution in [0.1, 0.15) is 18.5 Å². The summed E-state index contributed by atoms with van der Waals surface area (Å²) in [7, 11) is 1.20. The fraction of sp³-hybridized carbons (Fsp3) is 0.364. The Morgan fingerprint density at radius 1 is 1.56 bits per heavy atom. The fourth-order valence-electron chi connectivity index (χ4n) is 1.30. The first-order valence-electron chi connectivity index (χ1n) is 4.96. The number of nitrogens with two attached hydrogens (primary N) is 1. The first kappa shape index (κ1) is 17.0. The van der Waals surface area contributed by atoms with E-state index >= 15 is 0 Å². The maximum Gasteiger partial charge on any atom is 0.327 e. The second-order valence-corrected chi connectivity index (χ2v) is 3.65. The molecule has 0 saturated carbocycles. The molecule has 4 nitrogen and oxygen atoms in total. The quantitative estimate of drug-likeness (QED) is 0.867. The largest absolute Gasteiger partial charge is 0.489 e. The van der Waals surface area contributed by atoms with Crippen LogP contribution < -0.4 is 10.5 Å². The predicted octanol–water partition coefficient (Wildman–Crippen LogP) is 2.47. The molecule has 1 atom stereocenters. The van der Waals surface area contributed by atoms with Gasteiger partial charge in [0.15, 0.2) is 11.6 Å². The minimum absolute atomic E-state index is 0. The van der Waals surface area contributed by atoms with Crippen molar-refractivity contribution in [1.82, 2.24) is 0 Å². The van der Waals surface area contributed by atoms with Crippen LogP contribution in [-0.2, 0) is 9.53 Å². The van der Waals surface area contributed by atoms with Crippen LogP contribution in [0.25, 0.3) is 0 Å². The summed E-state index contributed by atoms with van der Waals surface area (Å²) in [6.07, 6.45) is 0. The lowest BCUT2D eigenvalue weighted by Gasteiger charge is -2.13. The summed E-state index contributed by atoms with van der Waals surface area (Å²) >= 11 is 5.83. The zero-order chi connectivity index (χ0) is 13.0. The van der Waals surface area contributed by atoms with Crippen molar-refractivity contribution in [3.05, 3.63) is 28.5 Å². The Kier molecular flexibility index (Phi) is 6.98. The summed E-state index contributed by atoms with van der Waals surface area (Å²) in [6, 6.07) is 1.43. The highest BCUT2D eigenvalue weighted by molar-refractivity contribution is 6.32. The highest BCUT2D eigenvalue weighted by atomic mass is 35.5. The van der Waals surface area contributed by atoms with Crippen LogP contribution in [0.5, 0.6) is 5.75 Å². The molecule has 0 spiro atoms. The molecular formula is C11H14Cl2FNO3. The van der Waals surface area contributed by atoms with E-state index in [-0.39, 0.29) is 28.7 Å². The van der Waals surface area contributed by atoms with Crippen LogP contribution in [0.3, 0.4) is 0 Å². The molecule has 0 saturated heterocycles. The summed E-state index contributed by atoms with van der Waals surface area (Å²) in [6.45, 7) is 2.00. The van der Waals surface area contributed by atoms with Gasteiger partial charge in [-0.2, -0.15) is 0 Å². The molecule has 1 rings (SSSR count). The SMILES string of the molecule is CCOc1c(F)cc([C@@H](N)C(=O)OC)cc1Cl.Cl. The van der Waals surface area contributed by atoms with Crippen LogP contribution in [0.15, 0.2) is 12.1 Å². The van der Waals surface area contributed by atoms with Crippen molar-refractivity contribution in [2.75, 3.05) is 13.7 Å². The second-order valence-electron chi connectivity index (χ2n) is 3.25. The normalized spacial score (nSPS) is 11.4. The maximum atomic E-state index is 13.6. The highest BCUT2D eigenvalue weighted by Crippen LogP contribution is 2.31. The fourth-order valence-corrected chi connectivity index (χ4v) is 1.58. The Bertz CT molecular complexity index is 406. The van der Waals surface area contributed by atoms with E-state index < -0.39 is 17.8 Å². The van der Waals surface area contributed by atoms with Crippen molar-refractivity contribution >= 4 is 30.0 Å². The number of hydrogen-bond acceptors (Lipinski definition) is 4. The van der Waals surface area contributed by atoms with Crippen LogP contribution in [0.4, 0.5) is 4.39 Å². The first-order chi connectivity index (χ1) is 8.01. The van der Waals surface area contributed by atoms with Gasteiger partial charge in [0.25, 0.3) is 0 Å². The average molecular weight is 298 g/mol. The lowest BCUT2D eigenvalue weighted by atomic mass is 10.1. The molecule has 0 heterocycles. The van der Waals surface area contributed by atoms with Gasteiger partial charge in [0.05, 0.1) is 18.7 Å². The number of esters is 1. The second kappa shape index (κ2) is 7.41. The van der Waals surface area contributed by atoms with E-state index in [2.05, 4.69) is 4.74 Å². The smallest absolute Gasteiger partial charge is 0.327 e. The lowest BCUT2D eigenvalue weighted by Crippen LogP contribution is -2.22. The summed E-state index contributed by atoms with van der Waals surface area (Å²) in [5, 5.41) is 0.0706. The number of carbonyl (C=O) groups excluding carboxylic acids is 1. The van der Waals surface area contributed by atoms with Gasteiger partial charge in [-0.3, -0.25) is 4.79 Å². The van der Waals surface area contributed by atoms with Gasteiger partial charge >= 0.3 is 5.97 Å². The van der Waals surface area contributed by atoms with Crippen molar-refractivity contribution in [2.24, 2.45) is 5.73 Å².